The van der Waals surface area contributed by atoms with Crippen molar-refractivity contribution < 1.29 is 12.8 Å². The molecule has 1 heterocycles. The highest BCUT2D eigenvalue weighted by Gasteiger charge is 2.28. The smallest absolute Gasteiger partial charge is 0.264 e. The summed E-state index contributed by atoms with van der Waals surface area (Å²) in [6.45, 7) is 0.413. The minimum Gasteiger partial charge on any atom is -0.396 e. The first-order valence-electron chi connectivity index (χ1n) is 7.16. The minimum absolute atomic E-state index is 0.0168. The lowest BCUT2D eigenvalue weighted by Crippen LogP contribution is -2.32. The number of rotatable bonds is 2. The molecule has 0 atom stereocenters. The second-order valence-electron chi connectivity index (χ2n) is 5.35. The maximum Gasteiger partial charge on any atom is 0.264 e. The molecular formula is C16H17FN2O2S. The highest BCUT2D eigenvalue weighted by Crippen LogP contribution is 2.31. The third-order valence-electron chi connectivity index (χ3n) is 3.87. The van der Waals surface area contributed by atoms with Gasteiger partial charge in [-0.05, 0) is 49.1 Å². The van der Waals surface area contributed by atoms with Crippen molar-refractivity contribution in [3.05, 3.63) is 53.8 Å². The van der Waals surface area contributed by atoms with Gasteiger partial charge in [0.15, 0.2) is 0 Å². The van der Waals surface area contributed by atoms with E-state index in [4.69, 9.17) is 5.73 Å². The molecule has 0 fully saturated rings. The summed E-state index contributed by atoms with van der Waals surface area (Å²) in [5.41, 5.74) is 7.06. The summed E-state index contributed by atoms with van der Waals surface area (Å²) in [6.07, 6.45) is 2.58. The summed E-state index contributed by atoms with van der Waals surface area (Å²) in [6, 6.07) is 11.0. The normalized spacial score (nSPS) is 15.2. The number of anilines is 2. The number of fused-ring (bicyclic) bond motifs is 1. The molecule has 0 aliphatic carbocycles. The Hall–Kier alpha value is -2.08. The van der Waals surface area contributed by atoms with E-state index in [1.807, 2.05) is 24.3 Å². The molecule has 0 spiro atoms. The van der Waals surface area contributed by atoms with Crippen LogP contribution in [0.5, 0.6) is 0 Å². The molecule has 0 amide bonds. The molecular weight excluding hydrogens is 303 g/mol. The van der Waals surface area contributed by atoms with E-state index in [9.17, 15) is 12.8 Å². The fourth-order valence-electron chi connectivity index (χ4n) is 2.72. The van der Waals surface area contributed by atoms with Crippen molar-refractivity contribution in [2.24, 2.45) is 0 Å². The number of aryl methyl sites for hydroxylation is 1. The van der Waals surface area contributed by atoms with Crippen molar-refractivity contribution in [2.75, 3.05) is 16.6 Å². The number of hydrogen-bond donors (Lipinski definition) is 1. The van der Waals surface area contributed by atoms with Gasteiger partial charge in [0.05, 0.1) is 16.3 Å². The van der Waals surface area contributed by atoms with Crippen LogP contribution in [0.15, 0.2) is 47.4 Å². The van der Waals surface area contributed by atoms with E-state index >= 15 is 0 Å². The predicted molar refractivity (Wildman–Crippen MR) is 84.7 cm³/mol. The van der Waals surface area contributed by atoms with Gasteiger partial charge < -0.3 is 5.73 Å². The Morgan fingerprint density at radius 3 is 2.64 bits per heavy atom. The van der Waals surface area contributed by atoms with Gasteiger partial charge >= 0.3 is 0 Å². The maximum absolute atomic E-state index is 13.3. The van der Waals surface area contributed by atoms with Gasteiger partial charge in [0.25, 0.3) is 10.0 Å². The van der Waals surface area contributed by atoms with Gasteiger partial charge in [-0.1, -0.05) is 18.2 Å². The number of nitrogens with zero attached hydrogens (tertiary/aromatic N) is 1. The molecule has 0 saturated carbocycles. The fourth-order valence-corrected chi connectivity index (χ4v) is 4.29. The Morgan fingerprint density at radius 1 is 1.09 bits per heavy atom. The van der Waals surface area contributed by atoms with Crippen LogP contribution in [0.4, 0.5) is 15.8 Å². The number of nitrogen functional groups attached to an aromatic ring is 1. The van der Waals surface area contributed by atoms with Crippen LogP contribution in [-0.2, 0) is 16.4 Å². The Bertz CT molecular complexity index is 806. The van der Waals surface area contributed by atoms with Crippen molar-refractivity contribution in [1.29, 1.82) is 0 Å². The van der Waals surface area contributed by atoms with Gasteiger partial charge in [0.1, 0.15) is 5.82 Å². The van der Waals surface area contributed by atoms with Crippen LogP contribution >= 0.6 is 0 Å². The Labute approximate surface area is 129 Å². The van der Waals surface area contributed by atoms with Gasteiger partial charge in [-0.2, -0.15) is 0 Å². The first-order chi connectivity index (χ1) is 10.5. The first-order valence-corrected chi connectivity index (χ1v) is 8.60. The average molecular weight is 320 g/mol. The van der Waals surface area contributed by atoms with Crippen molar-refractivity contribution in [3.8, 4) is 0 Å². The number of sulfonamides is 1. The molecule has 0 bridgehead atoms. The average Bonchev–Trinajstić information content (AvgIpc) is 2.72. The molecule has 3 rings (SSSR count). The van der Waals surface area contributed by atoms with Crippen LogP contribution in [0.1, 0.15) is 18.4 Å². The standard InChI is InChI=1S/C16H17FN2O2S/c17-14-9-8-13(11-15(14)18)22(20,21)19-10-4-3-6-12-5-1-2-7-16(12)19/h1-2,5,7-9,11H,3-4,6,10,18H2. The molecule has 0 unspecified atom stereocenters. The SMILES string of the molecule is Nc1cc(S(=O)(=O)N2CCCCc3ccccc32)ccc1F. The maximum atomic E-state index is 13.3. The van der Waals surface area contributed by atoms with Gasteiger partial charge in [-0.3, -0.25) is 4.31 Å². The summed E-state index contributed by atoms with van der Waals surface area (Å²) >= 11 is 0. The second kappa shape index (κ2) is 5.61. The molecule has 0 aromatic heterocycles. The summed E-state index contributed by atoms with van der Waals surface area (Å²) in [5, 5.41) is 0. The van der Waals surface area contributed by atoms with E-state index in [-0.39, 0.29) is 10.6 Å². The summed E-state index contributed by atoms with van der Waals surface area (Å²) < 4.78 is 40.5. The molecule has 2 aromatic carbocycles. The summed E-state index contributed by atoms with van der Waals surface area (Å²) in [4.78, 5) is 0.0168. The van der Waals surface area contributed by atoms with Crippen LogP contribution in [0.2, 0.25) is 0 Å². The van der Waals surface area contributed by atoms with Crippen molar-refractivity contribution >= 4 is 21.4 Å². The molecule has 116 valence electrons. The van der Waals surface area contributed by atoms with Crippen LogP contribution < -0.4 is 10.0 Å². The topological polar surface area (TPSA) is 63.4 Å². The number of halogens is 1. The van der Waals surface area contributed by atoms with E-state index in [0.717, 1.165) is 30.9 Å². The van der Waals surface area contributed by atoms with Gasteiger partial charge in [0.2, 0.25) is 0 Å². The fraction of sp³-hybridized carbons (Fsp3) is 0.250. The van der Waals surface area contributed by atoms with E-state index in [0.29, 0.717) is 12.2 Å². The van der Waals surface area contributed by atoms with Crippen LogP contribution in [0.3, 0.4) is 0 Å². The minimum atomic E-state index is -3.75. The first kappa shape index (κ1) is 14.8. The highest BCUT2D eigenvalue weighted by molar-refractivity contribution is 7.92. The monoisotopic (exact) mass is 320 g/mol. The van der Waals surface area contributed by atoms with Gasteiger partial charge in [-0.15, -0.1) is 0 Å². The molecule has 1 aliphatic rings. The summed E-state index contributed by atoms with van der Waals surface area (Å²) in [5.74, 6) is -0.616. The lowest BCUT2D eigenvalue weighted by Gasteiger charge is -2.24. The van der Waals surface area contributed by atoms with Crippen molar-refractivity contribution in [3.63, 3.8) is 0 Å². The Kier molecular flexibility index (Phi) is 3.78. The molecule has 0 radical (unpaired) electrons. The molecule has 4 nitrogen and oxygen atoms in total. The number of hydrogen-bond acceptors (Lipinski definition) is 3. The zero-order valence-electron chi connectivity index (χ0n) is 12.0. The van der Waals surface area contributed by atoms with Crippen LogP contribution in [0.25, 0.3) is 0 Å². The third-order valence-corrected chi connectivity index (χ3v) is 5.68. The Balaban J connectivity index is 2.10. The predicted octanol–water partition coefficient (Wildman–Crippen LogP) is 2.94. The lowest BCUT2D eigenvalue weighted by atomic mass is 10.1. The largest absolute Gasteiger partial charge is 0.396 e. The number of benzene rings is 2. The van der Waals surface area contributed by atoms with Crippen molar-refractivity contribution in [2.45, 2.75) is 24.2 Å². The number of nitrogens with two attached hydrogens (primary N) is 1. The zero-order chi connectivity index (χ0) is 15.7. The molecule has 1 aliphatic heterocycles. The molecule has 2 N–H and O–H groups in total. The van der Waals surface area contributed by atoms with Crippen LogP contribution in [-0.4, -0.2) is 15.0 Å². The second-order valence-corrected chi connectivity index (χ2v) is 7.21. The molecule has 22 heavy (non-hydrogen) atoms. The van der Waals surface area contributed by atoms with E-state index in [1.165, 1.54) is 16.4 Å². The molecule has 6 heteroatoms. The quantitative estimate of drug-likeness (QED) is 0.865. The highest BCUT2D eigenvalue weighted by atomic mass is 32.2. The van der Waals surface area contributed by atoms with E-state index < -0.39 is 15.8 Å². The van der Waals surface area contributed by atoms with Crippen molar-refractivity contribution in [1.82, 2.24) is 0 Å². The van der Waals surface area contributed by atoms with Gasteiger partial charge in [-0.25, -0.2) is 12.8 Å². The van der Waals surface area contributed by atoms with E-state index in [2.05, 4.69) is 0 Å². The summed E-state index contributed by atoms with van der Waals surface area (Å²) in [7, 11) is -3.75. The van der Waals surface area contributed by atoms with E-state index in [1.54, 1.807) is 0 Å². The van der Waals surface area contributed by atoms with Gasteiger partial charge in [0, 0.05) is 6.54 Å². The lowest BCUT2D eigenvalue weighted by molar-refractivity contribution is 0.588. The molecule has 2 aromatic rings. The zero-order valence-corrected chi connectivity index (χ0v) is 12.8. The third kappa shape index (κ3) is 2.54. The molecule has 0 saturated heterocycles. The van der Waals surface area contributed by atoms with Crippen LogP contribution in [0, 0.1) is 5.82 Å². The number of para-hydroxylation sites is 1. The Morgan fingerprint density at radius 2 is 1.86 bits per heavy atom.